The Bertz CT molecular complexity index is 1130. The maximum Gasteiger partial charge on any atom is 0.263 e. The highest BCUT2D eigenvalue weighted by Gasteiger charge is 2.35. The number of hydrogen-bond donors (Lipinski definition) is 1. The Kier molecular flexibility index (Phi) is 6.74. The molecule has 1 aliphatic heterocycles. The Morgan fingerprint density at radius 2 is 1.84 bits per heavy atom. The second-order valence-corrected chi connectivity index (χ2v) is 10.6. The number of amides is 1. The molecule has 1 N–H and O–H groups in total. The van der Waals surface area contributed by atoms with Gasteiger partial charge in [0, 0.05) is 0 Å². The molecule has 0 aliphatic carbocycles. The van der Waals surface area contributed by atoms with Gasteiger partial charge in [-0.2, -0.15) is 0 Å². The SMILES string of the molecule is COc1cc(C)c([C@H](C)NC(=O)[C@@H]2CN(S(C)(=O)=O)c3ccc(C)cc3O2)cc1C(C)C. The number of rotatable bonds is 6. The molecule has 2 aromatic rings. The fourth-order valence-corrected chi connectivity index (χ4v) is 4.92. The molecular weight excluding hydrogens is 428 g/mol. The maximum atomic E-state index is 13.1. The number of carbonyl (C=O) groups is 1. The zero-order valence-corrected chi connectivity index (χ0v) is 20.5. The fraction of sp³-hybridized carbons (Fsp3) is 0.458. The standard InChI is InChI=1S/C24H32N2O5S/c1-14(2)18-12-19(16(4)11-21(18)30-6)17(5)25-24(27)23-13-26(32(7,28)29)20-9-8-15(3)10-22(20)31-23/h8-12,14,17,23H,13H2,1-7H3,(H,25,27)/t17-,23-/m0/s1. The van der Waals surface area contributed by atoms with Crippen molar-refractivity contribution in [1.29, 1.82) is 0 Å². The van der Waals surface area contributed by atoms with Crippen molar-refractivity contribution in [3.8, 4) is 11.5 Å². The topological polar surface area (TPSA) is 84.9 Å². The van der Waals surface area contributed by atoms with Gasteiger partial charge < -0.3 is 14.8 Å². The summed E-state index contributed by atoms with van der Waals surface area (Å²) in [6, 6.07) is 9.03. The minimum atomic E-state index is -3.57. The van der Waals surface area contributed by atoms with Gasteiger partial charge in [-0.05, 0) is 73.2 Å². The molecule has 2 atom stereocenters. The summed E-state index contributed by atoms with van der Waals surface area (Å²) in [6.07, 6.45) is 0.179. The number of anilines is 1. The summed E-state index contributed by atoms with van der Waals surface area (Å²) in [6.45, 7) is 9.88. The van der Waals surface area contributed by atoms with E-state index in [2.05, 4.69) is 25.2 Å². The molecule has 0 fully saturated rings. The minimum Gasteiger partial charge on any atom is -0.496 e. The average Bonchev–Trinajstić information content (AvgIpc) is 2.71. The van der Waals surface area contributed by atoms with Crippen molar-refractivity contribution in [3.63, 3.8) is 0 Å². The molecule has 32 heavy (non-hydrogen) atoms. The summed E-state index contributed by atoms with van der Waals surface area (Å²) in [5.41, 5.74) is 4.41. The summed E-state index contributed by atoms with van der Waals surface area (Å²) in [4.78, 5) is 13.1. The third kappa shape index (κ3) is 4.85. The predicted octanol–water partition coefficient (Wildman–Crippen LogP) is 3.84. The molecule has 0 spiro atoms. The highest BCUT2D eigenvalue weighted by molar-refractivity contribution is 7.92. The van der Waals surface area contributed by atoms with Crippen molar-refractivity contribution >= 4 is 21.6 Å². The lowest BCUT2D eigenvalue weighted by Crippen LogP contribution is -2.50. The fourth-order valence-electron chi connectivity index (χ4n) is 4.01. The molecule has 7 nitrogen and oxygen atoms in total. The molecule has 8 heteroatoms. The van der Waals surface area contributed by atoms with Crippen LogP contribution in [-0.4, -0.2) is 40.3 Å². The molecule has 0 bridgehead atoms. The van der Waals surface area contributed by atoms with E-state index in [4.69, 9.17) is 9.47 Å². The van der Waals surface area contributed by atoms with Gasteiger partial charge in [0.2, 0.25) is 10.0 Å². The molecule has 1 aliphatic rings. The van der Waals surface area contributed by atoms with Crippen LogP contribution in [0.1, 0.15) is 55.0 Å². The molecule has 2 aromatic carbocycles. The van der Waals surface area contributed by atoms with E-state index in [0.717, 1.165) is 34.3 Å². The van der Waals surface area contributed by atoms with Gasteiger partial charge in [0.15, 0.2) is 6.10 Å². The Morgan fingerprint density at radius 1 is 1.16 bits per heavy atom. The highest BCUT2D eigenvalue weighted by atomic mass is 32.2. The molecule has 174 valence electrons. The third-order valence-electron chi connectivity index (χ3n) is 5.74. The largest absolute Gasteiger partial charge is 0.496 e. The lowest BCUT2D eigenvalue weighted by atomic mass is 9.93. The number of nitrogens with one attached hydrogen (secondary N) is 1. The van der Waals surface area contributed by atoms with Crippen LogP contribution in [0.5, 0.6) is 11.5 Å². The van der Waals surface area contributed by atoms with Crippen molar-refractivity contribution in [2.24, 2.45) is 0 Å². The Labute approximate surface area is 190 Å². The number of fused-ring (bicyclic) bond motifs is 1. The van der Waals surface area contributed by atoms with Crippen LogP contribution in [-0.2, 0) is 14.8 Å². The zero-order valence-electron chi connectivity index (χ0n) is 19.7. The highest BCUT2D eigenvalue weighted by Crippen LogP contribution is 2.36. The first-order valence-corrected chi connectivity index (χ1v) is 12.5. The van der Waals surface area contributed by atoms with E-state index in [1.807, 2.05) is 32.9 Å². The second kappa shape index (κ2) is 9.02. The summed E-state index contributed by atoms with van der Waals surface area (Å²) >= 11 is 0. The second-order valence-electron chi connectivity index (χ2n) is 8.71. The molecule has 0 aromatic heterocycles. The van der Waals surface area contributed by atoms with E-state index in [-0.39, 0.29) is 24.4 Å². The molecule has 0 saturated heterocycles. The molecule has 1 amide bonds. The minimum absolute atomic E-state index is 0.0771. The summed E-state index contributed by atoms with van der Waals surface area (Å²) < 4.78 is 37.4. The molecule has 3 rings (SSSR count). The number of carbonyl (C=O) groups excluding carboxylic acids is 1. The number of methoxy groups -OCH3 is 1. The molecule has 0 saturated carbocycles. The van der Waals surface area contributed by atoms with Crippen LogP contribution in [0.4, 0.5) is 5.69 Å². The Hall–Kier alpha value is -2.74. The van der Waals surface area contributed by atoms with Crippen LogP contribution in [0.25, 0.3) is 0 Å². The molecule has 0 radical (unpaired) electrons. The zero-order chi connectivity index (χ0) is 23.8. The number of sulfonamides is 1. The van der Waals surface area contributed by atoms with Gasteiger partial charge in [-0.1, -0.05) is 19.9 Å². The number of hydrogen-bond acceptors (Lipinski definition) is 5. The van der Waals surface area contributed by atoms with Crippen molar-refractivity contribution < 1.29 is 22.7 Å². The number of benzene rings is 2. The van der Waals surface area contributed by atoms with Crippen molar-refractivity contribution in [2.45, 2.75) is 52.7 Å². The molecular formula is C24H32N2O5S. The van der Waals surface area contributed by atoms with Gasteiger partial charge in [0.1, 0.15) is 11.5 Å². The number of ether oxygens (including phenoxy) is 2. The van der Waals surface area contributed by atoms with Gasteiger partial charge in [0.25, 0.3) is 5.91 Å². The van der Waals surface area contributed by atoms with Crippen LogP contribution in [0.15, 0.2) is 30.3 Å². The van der Waals surface area contributed by atoms with Gasteiger partial charge in [-0.25, -0.2) is 8.42 Å². The first-order chi connectivity index (χ1) is 14.9. The third-order valence-corrected chi connectivity index (χ3v) is 6.89. The van der Waals surface area contributed by atoms with Crippen LogP contribution < -0.4 is 19.1 Å². The van der Waals surface area contributed by atoms with E-state index in [0.29, 0.717) is 11.4 Å². The molecule has 1 heterocycles. The van der Waals surface area contributed by atoms with E-state index in [1.165, 1.54) is 4.31 Å². The van der Waals surface area contributed by atoms with E-state index >= 15 is 0 Å². The lowest BCUT2D eigenvalue weighted by molar-refractivity contribution is -0.128. The van der Waals surface area contributed by atoms with Crippen LogP contribution in [0, 0.1) is 13.8 Å². The van der Waals surface area contributed by atoms with Crippen LogP contribution >= 0.6 is 0 Å². The predicted molar refractivity (Wildman–Crippen MR) is 126 cm³/mol. The first-order valence-electron chi connectivity index (χ1n) is 10.7. The lowest BCUT2D eigenvalue weighted by Gasteiger charge is -2.34. The molecule has 0 unspecified atom stereocenters. The van der Waals surface area contributed by atoms with Crippen molar-refractivity contribution in [3.05, 3.63) is 52.6 Å². The monoisotopic (exact) mass is 460 g/mol. The van der Waals surface area contributed by atoms with Crippen molar-refractivity contribution in [2.75, 3.05) is 24.2 Å². The Balaban J connectivity index is 1.86. The summed E-state index contributed by atoms with van der Waals surface area (Å²) in [7, 11) is -1.92. The van der Waals surface area contributed by atoms with Crippen molar-refractivity contribution in [1.82, 2.24) is 5.32 Å². The van der Waals surface area contributed by atoms with Gasteiger partial charge in [0.05, 0.1) is 31.6 Å². The van der Waals surface area contributed by atoms with Gasteiger partial charge in [-0.15, -0.1) is 0 Å². The normalized spacial score (nSPS) is 16.9. The van der Waals surface area contributed by atoms with E-state index < -0.39 is 16.1 Å². The average molecular weight is 461 g/mol. The number of nitrogens with zero attached hydrogens (tertiary/aromatic N) is 1. The summed E-state index contributed by atoms with van der Waals surface area (Å²) in [5, 5.41) is 3.00. The van der Waals surface area contributed by atoms with Gasteiger partial charge >= 0.3 is 0 Å². The maximum absolute atomic E-state index is 13.1. The quantitative estimate of drug-likeness (QED) is 0.708. The first kappa shape index (κ1) is 23.9. The smallest absolute Gasteiger partial charge is 0.263 e. The van der Waals surface area contributed by atoms with Crippen LogP contribution in [0.2, 0.25) is 0 Å². The van der Waals surface area contributed by atoms with Crippen LogP contribution in [0.3, 0.4) is 0 Å². The summed E-state index contributed by atoms with van der Waals surface area (Å²) in [5.74, 6) is 1.11. The number of aryl methyl sites for hydroxylation is 2. The Morgan fingerprint density at radius 3 is 2.44 bits per heavy atom. The van der Waals surface area contributed by atoms with E-state index in [1.54, 1.807) is 19.2 Å². The van der Waals surface area contributed by atoms with Gasteiger partial charge in [-0.3, -0.25) is 9.10 Å². The van der Waals surface area contributed by atoms with E-state index in [9.17, 15) is 13.2 Å².